The molecule has 36 heavy (non-hydrogen) atoms. The Hall–Kier alpha value is -2.72. The number of aryl methyl sites for hydroxylation is 1. The average molecular weight is 515 g/mol. The molecule has 0 saturated carbocycles. The molecule has 194 valence electrons. The number of hydrogen-bond acceptors (Lipinski definition) is 6. The lowest BCUT2D eigenvalue weighted by Crippen LogP contribution is -2.54. The summed E-state index contributed by atoms with van der Waals surface area (Å²) in [5.74, 6) is 0.152. The zero-order valence-corrected chi connectivity index (χ0v) is 21.6. The number of sulfonamides is 1. The minimum absolute atomic E-state index is 0.224. The Morgan fingerprint density at radius 3 is 2.42 bits per heavy atom. The van der Waals surface area contributed by atoms with Gasteiger partial charge in [0.1, 0.15) is 5.75 Å². The second kappa shape index (κ2) is 11.1. The molecule has 0 aromatic heterocycles. The smallest absolute Gasteiger partial charge is 0.244 e. The summed E-state index contributed by atoms with van der Waals surface area (Å²) in [7, 11) is -3.79. The van der Waals surface area contributed by atoms with Crippen molar-refractivity contribution >= 4 is 21.5 Å². The monoisotopic (exact) mass is 514 g/mol. The highest BCUT2D eigenvalue weighted by atomic mass is 32.2. The summed E-state index contributed by atoms with van der Waals surface area (Å²) in [6.45, 7) is 5.81. The van der Waals surface area contributed by atoms with Crippen LogP contribution in [0.4, 0.5) is 0 Å². The van der Waals surface area contributed by atoms with Gasteiger partial charge in [-0.3, -0.25) is 10.0 Å². The molecule has 1 fully saturated rings. The Bertz CT molecular complexity index is 1220. The third kappa shape index (κ3) is 5.34. The Balaban J connectivity index is 1.51. The van der Waals surface area contributed by atoms with Gasteiger partial charge >= 0.3 is 0 Å². The van der Waals surface area contributed by atoms with Crippen molar-refractivity contribution in [2.75, 3.05) is 32.9 Å². The standard InChI is InChI=1S/C27H34N2O6S/c1-3-35-24-7-4-22(5-8-24)25-9-6-23(18-20(25)2)21-10-14-29(15-11-21)36(32,33)27(19-26(30)28-31)12-16-34-17-13-27/h4-10,18,31H,3,11-17,19H2,1-2H3,(H,28,30). The lowest BCUT2D eigenvalue weighted by molar-refractivity contribution is -0.130. The van der Waals surface area contributed by atoms with E-state index in [1.54, 1.807) is 5.48 Å². The van der Waals surface area contributed by atoms with Crippen molar-refractivity contribution in [3.8, 4) is 16.9 Å². The van der Waals surface area contributed by atoms with E-state index in [0.717, 1.165) is 33.6 Å². The molecule has 9 heteroatoms. The lowest BCUT2D eigenvalue weighted by Gasteiger charge is -2.40. The number of nitrogens with zero attached hydrogens (tertiary/aromatic N) is 1. The van der Waals surface area contributed by atoms with Crippen molar-refractivity contribution in [1.29, 1.82) is 0 Å². The van der Waals surface area contributed by atoms with Crippen molar-refractivity contribution < 1.29 is 27.9 Å². The fourth-order valence-corrected chi connectivity index (χ4v) is 7.24. The van der Waals surface area contributed by atoms with E-state index >= 15 is 0 Å². The van der Waals surface area contributed by atoms with Gasteiger partial charge < -0.3 is 9.47 Å². The molecule has 0 bridgehead atoms. The van der Waals surface area contributed by atoms with E-state index in [0.29, 0.717) is 19.6 Å². The molecule has 2 aliphatic rings. The molecule has 0 radical (unpaired) electrons. The normalized spacial score (nSPS) is 18.4. The number of carbonyl (C=O) groups excluding carboxylic acids is 1. The van der Waals surface area contributed by atoms with Crippen LogP contribution in [-0.4, -0.2) is 61.5 Å². The SMILES string of the molecule is CCOc1ccc(-c2ccc(C3=CCN(S(=O)(=O)C4(CC(=O)NO)CCOCC4)CC3)cc2C)cc1. The zero-order valence-electron chi connectivity index (χ0n) is 20.8. The van der Waals surface area contributed by atoms with Crippen molar-refractivity contribution in [3.63, 3.8) is 0 Å². The average Bonchev–Trinajstić information content (AvgIpc) is 2.90. The highest BCUT2D eigenvalue weighted by Gasteiger charge is 2.49. The summed E-state index contributed by atoms with van der Waals surface area (Å²) < 4.78 is 38.4. The molecule has 0 aliphatic carbocycles. The fraction of sp³-hybridized carbons (Fsp3) is 0.444. The molecule has 1 saturated heterocycles. The van der Waals surface area contributed by atoms with Gasteiger partial charge in [-0.05, 0) is 73.1 Å². The first kappa shape index (κ1) is 26.3. The van der Waals surface area contributed by atoms with Gasteiger partial charge in [0.15, 0.2) is 0 Å². The molecule has 0 unspecified atom stereocenters. The number of ether oxygens (including phenoxy) is 2. The zero-order chi connectivity index (χ0) is 25.8. The Labute approximate surface area is 212 Å². The van der Waals surface area contributed by atoms with E-state index in [1.807, 2.05) is 25.1 Å². The second-order valence-electron chi connectivity index (χ2n) is 9.34. The van der Waals surface area contributed by atoms with Gasteiger partial charge in [0.05, 0.1) is 11.4 Å². The van der Waals surface area contributed by atoms with E-state index in [-0.39, 0.29) is 39.0 Å². The van der Waals surface area contributed by atoms with E-state index in [2.05, 4.69) is 37.3 Å². The number of nitrogens with one attached hydrogen (secondary N) is 1. The van der Waals surface area contributed by atoms with E-state index in [4.69, 9.17) is 14.7 Å². The molecular formula is C27H34N2O6S. The second-order valence-corrected chi connectivity index (χ2v) is 11.7. The third-order valence-electron chi connectivity index (χ3n) is 7.14. The quantitative estimate of drug-likeness (QED) is 0.409. The Kier molecular flexibility index (Phi) is 8.14. The number of hydroxylamine groups is 1. The van der Waals surface area contributed by atoms with Crippen LogP contribution in [0.25, 0.3) is 16.7 Å². The summed E-state index contributed by atoms with van der Waals surface area (Å²) >= 11 is 0. The summed E-state index contributed by atoms with van der Waals surface area (Å²) in [5.41, 5.74) is 7.18. The predicted octanol–water partition coefficient (Wildman–Crippen LogP) is 3.92. The first-order chi connectivity index (χ1) is 17.3. The number of hydrogen-bond donors (Lipinski definition) is 2. The Morgan fingerprint density at radius 2 is 1.83 bits per heavy atom. The van der Waals surface area contributed by atoms with E-state index < -0.39 is 20.7 Å². The summed E-state index contributed by atoms with van der Waals surface area (Å²) in [6.07, 6.45) is 2.71. The molecule has 4 rings (SSSR count). The van der Waals surface area contributed by atoms with Gasteiger partial charge in [0, 0.05) is 32.7 Å². The van der Waals surface area contributed by atoms with Crippen LogP contribution >= 0.6 is 0 Å². The summed E-state index contributed by atoms with van der Waals surface area (Å²) in [6, 6.07) is 14.4. The molecule has 2 aromatic rings. The molecule has 2 heterocycles. The maximum atomic E-state index is 13.6. The van der Waals surface area contributed by atoms with E-state index in [9.17, 15) is 13.2 Å². The van der Waals surface area contributed by atoms with E-state index in [1.165, 1.54) is 4.31 Å². The number of rotatable bonds is 8. The molecule has 0 atom stereocenters. The van der Waals surface area contributed by atoms with Crippen LogP contribution in [0.2, 0.25) is 0 Å². The summed E-state index contributed by atoms with van der Waals surface area (Å²) in [4.78, 5) is 12.0. The molecule has 1 amide bonds. The highest BCUT2D eigenvalue weighted by Crippen LogP contribution is 2.38. The minimum Gasteiger partial charge on any atom is -0.494 e. The van der Waals surface area contributed by atoms with Crippen molar-refractivity contribution in [2.24, 2.45) is 0 Å². The molecule has 2 N–H and O–H groups in total. The molecule has 2 aromatic carbocycles. The van der Waals surface area contributed by atoms with Crippen molar-refractivity contribution in [2.45, 2.75) is 44.3 Å². The molecule has 8 nitrogen and oxygen atoms in total. The number of carbonyl (C=O) groups is 1. The highest BCUT2D eigenvalue weighted by molar-refractivity contribution is 7.90. The first-order valence-electron chi connectivity index (χ1n) is 12.3. The molecule has 0 spiro atoms. The molecule has 2 aliphatic heterocycles. The number of amides is 1. The van der Waals surface area contributed by atoms with Gasteiger partial charge in [-0.25, -0.2) is 13.9 Å². The van der Waals surface area contributed by atoms with Gasteiger partial charge in [0.25, 0.3) is 0 Å². The first-order valence-corrected chi connectivity index (χ1v) is 13.8. The predicted molar refractivity (Wildman–Crippen MR) is 138 cm³/mol. The van der Waals surface area contributed by atoms with Crippen LogP contribution in [0.15, 0.2) is 48.5 Å². The van der Waals surface area contributed by atoms with Crippen molar-refractivity contribution in [1.82, 2.24) is 9.79 Å². The minimum atomic E-state index is -3.79. The van der Waals surface area contributed by atoms with Crippen LogP contribution in [0.5, 0.6) is 5.75 Å². The van der Waals surface area contributed by atoms with Gasteiger partial charge in [-0.15, -0.1) is 0 Å². The van der Waals surface area contributed by atoms with Crippen LogP contribution < -0.4 is 10.2 Å². The maximum Gasteiger partial charge on any atom is 0.244 e. The third-order valence-corrected chi connectivity index (χ3v) is 9.80. The largest absolute Gasteiger partial charge is 0.494 e. The van der Waals surface area contributed by atoms with Crippen LogP contribution in [0, 0.1) is 6.92 Å². The van der Waals surface area contributed by atoms with Gasteiger partial charge in [-0.1, -0.05) is 36.4 Å². The number of benzene rings is 2. The lowest BCUT2D eigenvalue weighted by atomic mass is 9.93. The van der Waals surface area contributed by atoms with Crippen LogP contribution in [-0.2, 0) is 19.6 Å². The van der Waals surface area contributed by atoms with Crippen molar-refractivity contribution in [3.05, 3.63) is 59.7 Å². The topological polar surface area (TPSA) is 105 Å². The van der Waals surface area contributed by atoms with Gasteiger partial charge in [-0.2, -0.15) is 4.31 Å². The van der Waals surface area contributed by atoms with Gasteiger partial charge in [0.2, 0.25) is 15.9 Å². The fourth-order valence-electron chi connectivity index (χ4n) is 5.09. The van der Waals surface area contributed by atoms with Crippen LogP contribution in [0.1, 0.15) is 43.7 Å². The molecular weight excluding hydrogens is 480 g/mol. The maximum absolute atomic E-state index is 13.6. The Morgan fingerprint density at radius 1 is 1.14 bits per heavy atom. The van der Waals surface area contributed by atoms with Crippen LogP contribution in [0.3, 0.4) is 0 Å². The summed E-state index contributed by atoms with van der Waals surface area (Å²) in [5, 5.41) is 9.01.